The molecule has 2 amide bonds. The molecule has 3 heterocycles. The fraction of sp³-hybridized carbons (Fsp3) is 0.542. The van der Waals surface area contributed by atoms with Gasteiger partial charge in [0, 0.05) is 59.9 Å². The van der Waals surface area contributed by atoms with Gasteiger partial charge >= 0.3 is 12.1 Å². The van der Waals surface area contributed by atoms with Gasteiger partial charge in [0.1, 0.15) is 24.1 Å². The van der Waals surface area contributed by atoms with Crippen LogP contribution in [0, 0.1) is 0 Å². The van der Waals surface area contributed by atoms with Crippen LogP contribution in [0.3, 0.4) is 0 Å². The quantitative estimate of drug-likeness (QED) is 0.0678. The Bertz CT molecular complexity index is 2010. The van der Waals surface area contributed by atoms with Crippen molar-refractivity contribution in [3.05, 3.63) is 86.9 Å². The van der Waals surface area contributed by atoms with E-state index in [0.717, 1.165) is 109 Å². The second-order valence-corrected chi connectivity index (χ2v) is 16.3. The highest BCUT2D eigenvalue weighted by molar-refractivity contribution is 6.02. The summed E-state index contributed by atoms with van der Waals surface area (Å²) >= 11 is 0. The minimum absolute atomic E-state index is 0.0771. The van der Waals surface area contributed by atoms with Crippen LogP contribution in [0.1, 0.15) is 149 Å². The number of rotatable bonds is 22. The normalized spacial score (nSPS) is 14.3. The lowest BCUT2D eigenvalue weighted by molar-refractivity contribution is -0.139. The lowest BCUT2D eigenvalue weighted by atomic mass is 9.86. The van der Waals surface area contributed by atoms with Gasteiger partial charge in [-0.05, 0) is 67.0 Å². The van der Waals surface area contributed by atoms with Gasteiger partial charge in [0.15, 0.2) is 0 Å². The number of ether oxygens (including phenoxy) is 2. The Morgan fingerprint density at radius 2 is 1.53 bits per heavy atom. The fourth-order valence-corrected chi connectivity index (χ4v) is 8.50. The van der Waals surface area contributed by atoms with E-state index >= 15 is 0 Å². The molecule has 6 rings (SSSR count). The molecule has 3 aliphatic heterocycles. The maximum atomic E-state index is 14.2. The van der Waals surface area contributed by atoms with E-state index < -0.39 is 18.1 Å². The van der Waals surface area contributed by atoms with Gasteiger partial charge in [-0.2, -0.15) is 0 Å². The molecule has 1 atom stereocenters. The van der Waals surface area contributed by atoms with E-state index in [1.165, 1.54) is 75.3 Å². The van der Waals surface area contributed by atoms with Crippen LogP contribution in [0.4, 0.5) is 10.5 Å². The molecule has 58 heavy (non-hydrogen) atoms. The first kappa shape index (κ1) is 42.7. The van der Waals surface area contributed by atoms with Crippen LogP contribution in [0.5, 0.6) is 11.5 Å². The Hall–Kier alpha value is -4.86. The van der Waals surface area contributed by atoms with Gasteiger partial charge in [0.2, 0.25) is 0 Å². The minimum Gasteiger partial charge on any atom is -0.480 e. The number of amides is 2. The van der Waals surface area contributed by atoms with E-state index in [1.54, 1.807) is 11.9 Å². The van der Waals surface area contributed by atoms with E-state index in [4.69, 9.17) is 14.5 Å². The third kappa shape index (κ3) is 11.4. The predicted molar refractivity (Wildman–Crippen MR) is 230 cm³/mol. The van der Waals surface area contributed by atoms with E-state index in [-0.39, 0.29) is 19.1 Å². The molecule has 3 aromatic rings. The third-order valence-corrected chi connectivity index (χ3v) is 11.8. The first-order chi connectivity index (χ1) is 28.3. The van der Waals surface area contributed by atoms with Gasteiger partial charge < -0.3 is 30.1 Å². The van der Waals surface area contributed by atoms with E-state index in [9.17, 15) is 19.5 Å². The van der Waals surface area contributed by atoms with Gasteiger partial charge in [-0.3, -0.25) is 9.79 Å². The van der Waals surface area contributed by atoms with Gasteiger partial charge in [0.05, 0.1) is 11.9 Å². The van der Waals surface area contributed by atoms with Crippen LogP contribution >= 0.6 is 0 Å². The number of carbonyl (C=O) groups is 3. The van der Waals surface area contributed by atoms with E-state index in [0.29, 0.717) is 12.0 Å². The van der Waals surface area contributed by atoms with Crippen molar-refractivity contribution < 1.29 is 29.0 Å². The molecule has 1 unspecified atom stereocenters. The van der Waals surface area contributed by atoms with Crippen LogP contribution < -0.4 is 25.9 Å². The van der Waals surface area contributed by atoms with E-state index in [2.05, 4.69) is 35.8 Å². The van der Waals surface area contributed by atoms with Gasteiger partial charge in [0.25, 0.3) is 5.91 Å². The number of carbonyl (C=O) groups excluding carboxylic acids is 2. The maximum Gasteiger partial charge on any atom is 0.407 e. The second-order valence-electron chi connectivity index (χ2n) is 16.3. The zero-order valence-electron chi connectivity index (χ0n) is 34.8. The summed E-state index contributed by atoms with van der Waals surface area (Å²) in [4.78, 5) is 45.1. The number of hydrogen-bond acceptors (Lipinski definition) is 7. The van der Waals surface area contributed by atoms with Crippen molar-refractivity contribution in [3.63, 3.8) is 0 Å². The SMILES string of the molecule is CCCCCCCCCCCCCCCCC(NC(=O)OCCN(C)C(=O)c1ccccc1C1=c2cc3c(cc2Oc2cc4c(cc21)CCCN4)=NCCC3)C(=O)O. The van der Waals surface area contributed by atoms with Crippen molar-refractivity contribution >= 4 is 29.2 Å². The highest BCUT2D eigenvalue weighted by Gasteiger charge is 2.28. The highest BCUT2D eigenvalue weighted by atomic mass is 16.5. The summed E-state index contributed by atoms with van der Waals surface area (Å²) in [5.74, 6) is 0.179. The Morgan fingerprint density at radius 1 is 0.845 bits per heavy atom. The standard InChI is InChI=1S/C48H64N4O6/c1-3-4-5-6-7-8-9-10-11-12-13-14-15-16-25-40(47(54)55)51-48(56)57-29-28-52(2)46(53)37-24-18-17-23-36(37)45-38-30-34-21-19-26-49-41(34)32-43(38)58-44-33-42-35(31-39(44)45)22-20-27-50-42/h17-18,23-24,30-33,40,49H,3-16,19-22,25-29H2,1-2H3,(H,51,56)(H,54,55). The molecule has 0 spiro atoms. The number of nitrogens with one attached hydrogen (secondary N) is 2. The van der Waals surface area contributed by atoms with Crippen LogP contribution in [0.25, 0.3) is 5.57 Å². The smallest absolute Gasteiger partial charge is 0.407 e. The molecule has 0 fully saturated rings. The van der Waals surface area contributed by atoms with Crippen molar-refractivity contribution in [1.82, 2.24) is 10.2 Å². The number of hydrogen-bond donors (Lipinski definition) is 3. The number of carboxylic acids is 1. The van der Waals surface area contributed by atoms with Crippen molar-refractivity contribution in [3.8, 4) is 11.5 Å². The Labute approximate surface area is 344 Å². The number of anilines is 1. The van der Waals surface area contributed by atoms with Crippen molar-refractivity contribution in [1.29, 1.82) is 0 Å². The number of carboxylic acid groups (broad SMARTS) is 1. The van der Waals surface area contributed by atoms with Crippen molar-refractivity contribution in [2.45, 2.75) is 135 Å². The van der Waals surface area contributed by atoms with Crippen molar-refractivity contribution in [2.75, 3.05) is 38.6 Å². The molecular weight excluding hydrogens is 729 g/mol. The minimum atomic E-state index is -1.07. The largest absolute Gasteiger partial charge is 0.480 e. The average Bonchev–Trinajstić information content (AvgIpc) is 3.23. The lowest BCUT2D eigenvalue weighted by Gasteiger charge is -2.27. The number of likely N-dealkylation sites (N-methyl/N-ethyl adjacent to an activating group) is 1. The Kier molecular flexibility index (Phi) is 16.0. The summed E-state index contributed by atoms with van der Waals surface area (Å²) in [6.45, 7) is 4.03. The van der Waals surface area contributed by atoms with Gasteiger partial charge in [-0.25, -0.2) is 9.59 Å². The second kappa shape index (κ2) is 21.8. The van der Waals surface area contributed by atoms with Crippen molar-refractivity contribution in [2.24, 2.45) is 4.99 Å². The lowest BCUT2D eigenvalue weighted by Crippen LogP contribution is -2.42. The first-order valence-electron chi connectivity index (χ1n) is 22.2. The predicted octanol–water partition coefficient (Wildman–Crippen LogP) is 9.09. The number of unbranched alkanes of at least 4 members (excludes halogenated alkanes) is 13. The molecule has 0 aromatic heterocycles. The Morgan fingerprint density at radius 3 is 2.26 bits per heavy atom. The van der Waals surface area contributed by atoms with E-state index in [1.807, 2.05) is 30.3 Å². The summed E-state index contributed by atoms with van der Waals surface area (Å²) in [5.41, 5.74) is 6.71. The highest BCUT2D eigenvalue weighted by Crippen LogP contribution is 2.41. The monoisotopic (exact) mass is 792 g/mol. The maximum absolute atomic E-state index is 14.2. The first-order valence-corrected chi connectivity index (χ1v) is 22.2. The average molecular weight is 793 g/mol. The molecule has 0 aliphatic carbocycles. The number of benzene rings is 3. The molecule has 10 heteroatoms. The summed E-state index contributed by atoms with van der Waals surface area (Å²) in [6.07, 6.45) is 20.6. The molecule has 312 valence electrons. The van der Waals surface area contributed by atoms with Crippen LogP contribution in [0.15, 0.2) is 53.5 Å². The molecule has 0 bridgehead atoms. The molecule has 3 N–H and O–H groups in total. The number of alkyl carbamates (subject to hydrolysis) is 1. The zero-order valence-corrected chi connectivity index (χ0v) is 34.8. The molecule has 0 saturated carbocycles. The molecule has 3 aromatic carbocycles. The molecule has 10 nitrogen and oxygen atoms in total. The summed E-state index contributed by atoms with van der Waals surface area (Å²) in [5, 5.41) is 17.7. The molecule has 0 saturated heterocycles. The Balaban J connectivity index is 1.02. The topological polar surface area (TPSA) is 130 Å². The van der Waals surface area contributed by atoms with Crippen LogP contribution in [0.2, 0.25) is 0 Å². The summed E-state index contributed by atoms with van der Waals surface area (Å²) < 4.78 is 12.0. The number of aliphatic carboxylic acids is 1. The molecular formula is C48H64N4O6. The molecule has 3 aliphatic rings. The van der Waals surface area contributed by atoms with Crippen LogP contribution in [-0.4, -0.2) is 67.3 Å². The number of aryl methyl sites for hydroxylation is 2. The van der Waals surface area contributed by atoms with Gasteiger partial charge in [-0.15, -0.1) is 0 Å². The molecule has 0 radical (unpaired) electrons. The van der Waals surface area contributed by atoms with Gasteiger partial charge in [-0.1, -0.05) is 115 Å². The van der Waals surface area contributed by atoms with Crippen LogP contribution in [-0.2, 0) is 22.4 Å². The summed E-state index contributed by atoms with van der Waals surface area (Å²) in [7, 11) is 1.69. The number of fused-ring (bicyclic) bond motifs is 4. The summed E-state index contributed by atoms with van der Waals surface area (Å²) in [6, 6.07) is 15.1. The fourth-order valence-electron chi connectivity index (χ4n) is 8.50. The zero-order chi connectivity index (χ0) is 40.7. The third-order valence-electron chi connectivity index (χ3n) is 11.8. The number of nitrogens with zero attached hydrogens (tertiary/aromatic N) is 2.